The Morgan fingerprint density at radius 1 is 1.50 bits per heavy atom. The zero-order valence-corrected chi connectivity index (χ0v) is 10.3. The van der Waals surface area contributed by atoms with E-state index in [4.69, 9.17) is 5.11 Å². The van der Waals surface area contributed by atoms with Gasteiger partial charge in [0.15, 0.2) is 0 Å². The highest BCUT2D eigenvalue weighted by Gasteiger charge is 2.27. The minimum Gasteiger partial charge on any atom is -0.390 e. The quantitative estimate of drug-likeness (QED) is 0.814. The second-order valence-electron chi connectivity index (χ2n) is 3.21. The summed E-state index contributed by atoms with van der Waals surface area (Å²) in [5.41, 5.74) is 0. The first kappa shape index (κ1) is 13.2. The van der Waals surface area contributed by atoms with Gasteiger partial charge in [0.25, 0.3) is 5.92 Å². The fourth-order valence-corrected chi connectivity index (χ4v) is 1.41. The smallest absolute Gasteiger partial charge is 0.287 e. The van der Waals surface area contributed by atoms with Crippen LogP contribution in [0.5, 0.6) is 0 Å². The van der Waals surface area contributed by atoms with Gasteiger partial charge in [-0.2, -0.15) is 0 Å². The first-order chi connectivity index (χ1) is 7.46. The molecule has 0 atom stereocenters. The van der Waals surface area contributed by atoms with E-state index in [0.717, 1.165) is 0 Å². The third kappa shape index (κ3) is 3.97. The maximum atomic E-state index is 12.8. The summed E-state index contributed by atoms with van der Waals surface area (Å²) in [6.45, 7) is 0.0247. The molecule has 90 valence electrons. The van der Waals surface area contributed by atoms with E-state index in [2.05, 4.69) is 31.2 Å². The van der Waals surface area contributed by atoms with E-state index in [9.17, 15) is 8.78 Å². The van der Waals surface area contributed by atoms with E-state index in [0.29, 0.717) is 22.7 Å². The third-order valence-corrected chi connectivity index (χ3v) is 2.22. The molecular formula is C9H12BrF2N3O. The molecule has 0 aromatic carbocycles. The number of anilines is 1. The minimum absolute atomic E-state index is 0.312. The monoisotopic (exact) mass is 295 g/mol. The van der Waals surface area contributed by atoms with Crippen LogP contribution in [0.4, 0.5) is 14.6 Å². The molecule has 2 N–H and O–H groups in total. The molecule has 1 aromatic rings. The number of nitrogens with zero attached hydrogens (tertiary/aromatic N) is 2. The lowest BCUT2D eigenvalue weighted by Crippen LogP contribution is -2.31. The summed E-state index contributed by atoms with van der Waals surface area (Å²) in [4.78, 5) is 8.07. The van der Waals surface area contributed by atoms with Gasteiger partial charge in [-0.15, -0.1) is 0 Å². The summed E-state index contributed by atoms with van der Waals surface area (Å²) in [7, 11) is 0. The predicted octanol–water partition coefficient (Wildman–Crippen LogP) is 1.84. The van der Waals surface area contributed by atoms with Crippen molar-refractivity contribution in [2.45, 2.75) is 19.3 Å². The molecule has 0 saturated heterocycles. The molecule has 1 rings (SSSR count). The average Bonchev–Trinajstić information content (AvgIpc) is 2.26. The maximum Gasteiger partial charge on any atom is 0.287 e. The summed E-state index contributed by atoms with van der Waals surface area (Å²) >= 11 is 3.16. The van der Waals surface area contributed by atoms with Crippen LogP contribution in [0.2, 0.25) is 0 Å². The van der Waals surface area contributed by atoms with Crippen molar-refractivity contribution in [3.63, 3.8) is 0 Å². The number of aliphatic hydroxyl groups excluding tert-OH is 1. The van der Waals surface area contributed by atoms with E-state index in [1.54, 1.807) is 0 Å². The molecule has 0 amide bonds. The van der Waals surface area contributed by atoms with Crippen molar-refractivity contribution >= 4 is 21.7 Å². The van der Waals surface area contributed by atoms with Crippen molar-refractivity contribution in [3.05, 3.63) is 16.5 Å². The molecule has 0 aliphatic rings. The molecule has 0 aliphatic heterocycles. The number of aryl methyl sites for hydroxylation is 1. The first-order valence-corrected chi connectivity index (χ1v) is 5.52. The lowest BCUT2D eigenvalue weighted by atomic mass is 10.3. The first-order valence-electron chi connectivity index (χ1n) is 4.73. The largest absolute Gasteiger partial charge is 0.390 e. The number of hydrogen-bond donors (Lipinski definition) is 2. The van der Waals surface area contributed by atoms with Crippen molar-refractivity contribution in [2.75, 3.05) is 18.5 Å². The highest BCUT2D eigenvalue weighted by Crippen LogP contribution is 2.16. The molecule has 0 unspecified atom stereocenters. The second kappa shape index (κ2) is 5.49. The highest BCUT2D eigenvalue weighted by atomic mass is 79.9. The molecule has 0 bridgehead atoms. The molecule has 4 nitrogen and oxygen atoms in total. The zero-order valence-electron chi connectivity index (χ0n) is 8.67. The van der Waals surface area contributed by atoms with Crippen LogP contribution in [0.15, 0.2) is 10.7 Å². The summed E-state index contributed by atoms with van der Waals surface area (Å²) in [5, 5.41) is 10.9. The van der Waals surface area contributed by atoms with E-state index in [-0.39, 0.29) is 0 Å². The number of hydrogen-bond acceptors (Lipinski definition) is 4. The lowest BCUT2D eigenvalue weighted by molar-refractivity contribution is -0.0373. The van der Waals surface area contributed by atoms with Gasteiger partial charge in [0.2, 0.25) is 0 Å². The van der Waals surface area contributed by atoms with Crippen molar-refractivity contribution in [1.29, 1.82) is 0 Å². The van der Waals surface area contributed by atoms with Crippen LogP contribution in [-0.4, -0.2) is 34.1 Å². The highest BCUT2D eigenvalue weighted by molar-refractivity contribution is 9.10. The van der Waals surface area contributed by atoms with Crippen LogP contribution in [-0.2, 0) is 6.42 Å². The Labute approximate surface area is 100 Å². The Morgan fingerprint density at radius 3 is 2.75 bits per heavy atom. The molecule has 1 aromatic heterocycles. The number of rotatable bonds is 5. The Hall–Kier alpha value is -0.820. The molecular weight excluding hydrogens is 284 g/mol. The summed E-state index contributed by atoms with van der Waals surface area (Å²) < 4.78 is 26.0. The number of nitrogens with one attached hydrogen (secondary N) is 1. The van der Waals surface area contributed by atoms with Gasteiger partial charge in [-0.25, -0.2) is 18.7 Å². The third-order valence-electron chi connectivity index (χ3n) is 1.82. The molecule has 1 heterocycles. The normalized spacial score (nSPS) is 11.6. The molecule has 0 fully saturated rings. The second-order valence-corrected chi connectivity index (χ2v) is 4.03. The molecule has 0 saturated carbocycles. The Bertz CT molecular complexity index is 363. The zero-order chi connectivity index (χ0) is 12.2. The van der Waals surface area contributed by atoms with Crippen molar-refractivity contribution in [2.24, 2.45) is 0 Å². The van der Waals surface area contributed by atoms with E-state index < -0.39 is 19.1 Å². The van der Waals surface area contributed by atoms with E-state index in [1.807, 2.05) is 6.92 Å². The van der Waals surface area contributed by atoms with Gasteiger partial charge in [0, 0.05) is 12.5 Å². The maximum absolute atomic E-state index is 12.8. The van der Waals surface area contributed by atoms with Crippen LogP contribution >= 0.6 is 15.9 Å². The topological polar surface area (TPSA) is 58.0 Å². The Kier molecular flexibility index (Phi) is 4.55. The van der Waals surface area contributed by atoms with Gasteiger partial charge in [0.05, 0.1) is 6.54 Å². The number of halogens is 3. The van der Waals surface area contributed by atoms with Crippen LogP contribution < -0.4 is 5.32 Å². The molecule has 7 heteroatoms. The number of aromatic nitrogens is 2. The SMILES string of the molecule is CCc1nc(Br)cc(NCC(F)(F)CO)n1. The van der Waals surface area contributed by atoms with Gasteiger partial charge >= 0.3 is 0 Å². The average molecular weight is 296 g/mol. The van der Waals surface area contributed by atoms with Crippen LogP contribution in [0, 0.1) is 0 Å². The van der Waals surface area contributed by atoms with Crippen LogP contribution in [0.25, 0.3) is 0 Å². The fourth-order valence-electron chi connectivity index (χ4n) is 0.989. The van der Waals surface area contributed by atoms with E-state index >= 15 is 0 Å². The summed E-state index contributed by atoms with van der Waals surface area (Å²) in [6, 6.07) is 1.51. The molecule has 0 spiro atoms. The van der Waals surface area contributed by atoms with Crippen molar-refractivity contribution in [3.8, 4) is 0 Å². The van der Waals surface area contributed by atoms with Gasteiger partial charge in [-0.3, -0.25) is 0 Å². The van der Waals surface area contributed by atoms with Crippen LogP contribution in [0.3, 0.4) is 0 Å². The molecule has 0 radical (unpaired) electrons. The van der Waals surface area contributed by atoms with Gasteiger partial charge in [-0.1, -0.05) is 6.92 Å². The number of aliphatic hydroxyl groups is 1. The Morgan fingerprint density at radius 2 is 2.19 bits per heavy atom. The summed E-state index contributed by atoms with van der Waals surface area (Å²) in [5.74, 6) is -2.28. The minimum atomic E-state index is -3.15. The predicted molar refractivity (Wildman–Crippen MR) is 59.6 cm³/mol. The van der Waals surface area contributed by atoms with Gasteiger partial charge < -0.3 is 10.4 Å². The molecule has 0 aliphatic carbocycles. The molecule has 16 heavy (non-hydrogen) atoms. The van der Waals surface area contributed by atoms with Gasteiger partial charge in [0.1, 0.15) is 22.9 Å². The van der Waals surface area contributed by atoms with Crippen LogP contribution in [0.1, 0.15) is 12.7 Å². The lowest BCUT2D eigenvalue weighted by Gasteiger charge is -2.14. The standard InChI is InChI=1S/C9H12BrF2N3O/c1-2-7-14-6(10)3-8(15-7)13-4-9(11,12)5-16/h3,16H,2,4-5H2,1H3,(H,13,14,15). The van der Waals surface area contributed by atoms with Gasteiger partial charge in [-0.05, 0) is 15.9 Å². The fraction of sp³-hybridized carbons (Fsp3) is 0.556. The number of alkyl halides is 2. The van der Waals surface area contributed by atoms with Crippen molar-refractivity contribution in [1.82, 2.24) is 9.97 Å². The van der Waals surface area contributed by atoms with Crippen molar-refractivity contribution < 1.29 is 13.9 Å². The Balaban J connectivity index is 2.70. The summed E-state index contributed by atoms with van der Waals surface area (Å²) in [6.07, 6.45) is 0.616. The van der Waals surface area contributed by atoms with E-state index in [1.165, 1.54) is 6.07 Å².